The van der Waals surface area contributed by atoms with E-state index in [1.54, 1.807) is 6.07 Å². The number of likely N-dealkylation sites (tertiary alicyclic amines) is 1. The average molecular weight is 540 g/mol. The van der Waals surface area contributed by atoms with Crippen LogP contribution in [0.2, 0.25) is 0 Å². The largest absolute Gasteiger partial charge is 0.508 e. The van der Waals surface area contributed by atoms with Crippen LogP contribution in [0.3, 0.4) is 0 Å². The lowest BCUT2D eigenvalue weighted by Crippen LogP contribution is -2.42. The van der Waals surface area contributed by atoms with E-state index in [0.717, 1.165) is 55.7 Å². The summed E-state index contributed by atoms with van der Waals surface area (Å²) in [5.74, 6) is 0.703. The molecule has 8 heteroatoms. The molecule has 0 bridgehead atoms. The van der Waals surface area contributed by atoms with E-state index in [1.165, 1.54) is 6.07 Å². The number of amides is 1. The molecule has 1 fully saturated rings. The fraction of sp³-hybridized carbons (Fsp3) is 0.467. The zero-order valence-corrected chi connectivity index (χ0v) is 23.9. The summed E-state index contributed by atoms with van der Waals surface area (Å²) < 4.78 is 5.48. The molecule has 4 N–H and O–H groups in total. The second-order valence-corrected chi connectivity index (χ2v) is 11.6. The number of benzene rings is 2. The third kappa shape index (κ3) is 8.65. The molecule has 0 atom stereocenters. The second kappa shape index (κ2) is 13.0. The van der Waals surface area contributed by atoms with Crippen molar-refractivity contribution in [3.05, 3.63) is 59.3 Å². The molecule has 0 saturated carbocycles. The highest BCUT2D eigenvalue weighted by Gasteiger charge is 2.26. The van der Waals surface area contributed by atoms with E-state index in [-0.39, 0.29) is 23.5 Å². The van der Waals surface area contributed by atoms with Crippen molar-refractivity contribution in [1.29, 1.82) is 0 Å². The number of phenols is 2. The Bertz CT molecular complexity index is 1150. The number of rotatable bonds is 8. The first kappa shape index (κ1) is 29.3. The van der Waals surface area contributed by atoms with Crippen LogP contribution in [0, 0.1) is 5.92 Å². The molecule has 3 rings (SSSR count). The van der Waals surface area contributed by atoms with Gasteiger partial charge in [-0.25, -0.2) is 4.79 Å². The number of hydrogen-bond acceptors (Lipinski definition) is 6. The predicted molar refractivity (Wildman–Crippen MR) is 158 cm³/mol. The van der Waals surface area contributed by atoms with Crippen LogP contribution in [-0.4, -0.2) is 51.4 Å². The first-order chi connectivity index (χ1) is 17.9. The number of ether oxygens (including phenoxy) is 1. The fourth-order valence-corrected chi connectivity index (χ4v) is 4.69. The first-order valence-corrected chi connectivity index (χ1v) is 13.7. The lowest BCUT2D eigenvalue weighted by atomic mass is 9.94. The summed E-state index contributed by atoms with van der Waals surface area (Å²) in [4.78, 5) is 14.4. The Kier molecular flexibility index (Phi) is 10.0. The molecular weight excluding hydrogens is 498 g/mol. The molecule has 0 spiro atoms. The van der Waals surface area contributed by atoms with Crippen molar-refractivity contribution < 1.29 is 19.7 Å². The van der Waals surface area contributed by atoms with Crippen molar-refractivity contribution >= 4 is 35.1 Å². The highest BCUT2D eigenvalue weighted by molar-refractivity contribution is 7.81. The molecule has 0 aromatic heterocycles. The molecule has 1 aliphatic rings. The number of anilines is 1. The number of carbonyl (C=O) groups is 1. The van der Waals surface area contributed by atoms with Gasteiger partial charge in [0.2, 0.25) is 0 Å². The quantitative estimate of drug-likeness (QED) is 0.222. The van der Waals surface area contributed by atoms with Gasteiger partial charge in [0.15, 0.2) is 0 Å². The molecule has 0 unspecified atom stereocenters. The fourth-order valence-electron chi connectivity index (χ4n) is 4.41. The molecule has 7 nitrogen and oxygen atoms in total. The van der Waals surface area contributed by atoms with Gasteiger partial charge in [0, 0.05) is 31.4 Å². The van der Waals surface area contributed by atoms with Gasteiger partial charge < -0.3 is 30.5 Å². The number of hydrogen-bond donors (Lipinski definition) is 4. The minimum absolute atomic E-state index is 0.0554. The molecule has 38 heavy (non-hydrogen) atoms. The number of piperidine rings is 1. The van der Waals surface area contributed by atoms with Gasteiger partial charge in [-0.1, -0.05) is 38.2 Å². The smallest absolute Gasteiger partial charge is 0.410 e. The highest BCUT2D eigenvalue weighted by Crippen LogP contribution is 2.33. The van der Waals surface area contributed by atoms with Crippen molar-refractivity contribution in [2.24, 2.45) is 5.92 Å². The molecule has 1 aliphatic heterocycles. The molecule has 1 saturated heterocycles. The zero-order valence-electron chi connectivity index (χ0n) is 23.1. The Morgan fingerprint density at radius 2 is 1.87 bits per heavy atom. The zero-order chi connectivity index (χ0) is 27.9. The number of phenolic OH excluding ortho intramolecular Hbond substituents is 2. The SMILES string of the molecule is CC(C)c1cc(C(=S)Nc2cccc(/C=C\NCCC3CCN(C(=O)OC(C)(C)C)CC3)c2)c(O)cc1O. The van der Waals surface area contributed by atoms with Crippen LogP contribution in [-0.2, 0) is 4.74 Å². The standard InChI is InChI=1S/C30H41N3O4S/c1-20(2)24-18-25(27(35)19-26(24)34)28(38)32-23-8-6-7-22(17-23)10-14-31-13-9-21-11-15-33(16-12-21)29(36)37-30(3,4)5/h6-8,10,14,17-21,31,34-35H,9,11-13,15-16H2,1-5H3,(H,32,38)/b14-10-. The van der Waals surface area contributed by atoms with Crippen LogP contribution in [0.1, 0.15) is 76.5 Å². The Hall–Kier alpha value is -3.26. The normalized spacial score (nSPS) is 14.6. The second-order valence-electron chi connectivity index (χ2n) is 11.1. The van der Waals surface area contributed by atoms with Crippen molar-refractivity contribution in [2.45, 2.75) is 65.4 Å². The van der Waals surface area contributed by atoms with Gasteiger partial charge in [0.1, 0.15) is 22.1 Å². The minimum atomic E-state index is -0.459. The van der Waals surface area contributed by atoms with Gasteiger partial charge in [0.05, 0.1) is 5.56 Å². The molecule has 206 valence electrons. The van der Waals surface area contributed by atoms with E-state index in [9.17, 15) is 15.0 Å². The maximum Gasteiger partial charge on any atom is 0.410 e. The van der Waals surface area contributed by atoms with Gasteiger partial charge in [-0.05, 0) is 93.5 Å². The first-order valence-electron chi connectivity index (χ1n) is 13.3. The summed E-state index contributed by atoms with van der Waals surface area (Å²) >= 11 is 5.54. The van der Waals surface area contributed by atoms with Gasteiger partial charge in [-0.15, -0.1) is 0 Å². The van der Waals surface area contributed by atoms with Crippen LogP contribution in [0.5, 0.6) is 11.5 Å². The number of thiocarbonyl (C=S) groups is 1. The van der Waals surface area contributed by atoms with Gasteiger partial charge >= 0.3 is 6.09 Å². The van der Waals surface area contributed by atoms with E-state index in [0.29, 0.717) is 16.5 Å². The van der Waals surface area contributed by atoms with E-state index in [2.05, 4.69) is 10.6 Å². The van der Waals surface area contributed by atoms with Crippen LogP contribution < -0.4 is 10.6 Å². The number of nitrogens with one attached hydrogen (secondary N) is 2. The van der Waals surface area contributed by atoms with Gasteiger partial charge in [0.25, 0.3) is 0 Å². The topological polar surface area (TPSA) is 94.1 Å². The summed E-state index contributed by atoms with van der Waals surface area (Å²) in [6.45, 7) is 12.0. The van der Waals surface area contributed by atoms with Gasteiger partial charge in [-0.2, -0.15) is 0 Å². The third-order valence-corrected chi connectivity index (χ3v) is 6.83. The summed E-state index contributed by atoms with van der Waals surface area (Å²) in [7, 11) is 0. The van der Waals surface area contributed by atoms with Crippen molar-refractivity contribution in [2.75, 3.05) is 25.0 Å². The van der Waals surface area contributed by atoms with Crippen LogP contribution in [0.25, 0.3) is 6.08 Å². The minimum Gasteiger partial charge on any atom is -0.508 e. The van der Waals surface area contributed by atoms with Crippen LogP contribution >= 0.6 is 12.2 Å². The third-order valence-electron chi connectivity index (χ3n) is 6.51. The van der Waals surface area contributed by atoms with E-state index in [4.69, 9.17) is 17.0 Å². The van der Waals surface area contributed by atoms with Crippen molar-refractivity contribution in [1.82, 2.24) is 10.2 Å². The molecule has 2 aromatic carbocycles. The molecule has 0 radical (unpaired) electrons. The summed E-state index contributed by atoms with van der Waals surface area (Å²) in [6.07, 6.45) is 6.79. The van der Waals surface area contributed by atoms with Crippen molar-refractivity contribution in [3.63, 3.8) is 0 Å². The van der Waals surface area contributed by atoms with E-state index in [1.807, 2.05) is 76.1 Å². The van der Waals surface area contributed by atoms with Crippen LogP contribution in [0.15, 0.2) is 42.6 Å². The lowest BCUT2D eigenvalue weighted by Gasteiger charge is -2.33. The molecule has 1 amide bonds. The maximum absolute atomic E-state index is 12.2. The van der Waals surface area contributed by atoms with Crippen molar-refractivity contribution in [3.8, 4) is 11.5 Å². The molecular formula is C30H41N3O4S. The Balaban J connectivity index is 1.45. The van der Waals surface area contributed by atoms with E-state index >= 15 is 0 Å². The van der Waals surface area contributed by atoms with Gasteiger partial charge in [-0.3, -0.25) is 0 Å². The number of aromatic hydroxyl groups is 2. The number of carbonyl (C=O) groups excluding carboxylic acids is 1. The summed E-state index contributed by atoms with van der Waals surface area (Å²) in [5, 5.41) is 27.0. The highest BCUT2D eigenvalue weighted by atomic mass is 32.1. The Labute approximate surface area is 231 Å². The predicted octanol–water partition coefficient (Wildman–Crippen LogP) is 6.61. The Morgan fingerprint density at radius 3 is 2.53 bits per heavy atom. The Morgan fingerprint density at radius 1 is 1.16 bits per heavy atom. The lowest BCUT2D eigenvalue weighted by molar-refractivity contribution is 0.0181. The monoisotopic (exact) mass is 539 g/mol. The number of nitrogens with zero attached hydrogens (tertiary/aromatic N) is 1. The molecule has 0 aliphatic carbocycles. The average Bonchev–Trinajstić information content (AvgIpc) is 2.83. The van der Waals surface area contributed by atoms with Crippen LogP contribution in [0.4, 0.5) is 10.5 Å². The maximum atomic E-state index is 12.2. The molecule has 1 heterocycles. The molecule has 2 aromatic rings. The van der Waals surface area contributed by atoms with E-state index < -0.39 is 5.60 Å². The summed E-state index contributed by atoms with van der Waals surface area (Å²) in [6, 6.07) is 10.9. The summed E-state index contributed by atoms with van der Waals surface area (Å²) in [5.41, 5.74) is 2.58.